The fourth-order valence-corrected chi connectivity index (χ4v) is 2.19. The van der Waals surface area contributed by atoms with Crippen molar-refractivity contribution in [1.29, 1.82) is 0 Å². The Hall–Kier alpha value is -2.78. The van der Waals surface area contributed by atoms with E-state index in [0.29, 0.717) is 5.69 Å². The van der Waals surface area contributed by atoms with Gasteiger partial charge in [0.1, 0.15) is 17.3 Å². The summed E-state index contributed by atoms with van der Waals surface area (Å²) in [5.41, 5.74) is 0.509. The van der Waals surface area contributed by atoms with Gasteiger partial charge in [0.25, 0.3) is 5.91 Å². The quantitative estimate of drug-likeness (QED) is 0.663. The molecule has 0 bridgehead atoms. The third-order valence-electron chi connectivity index (χ3n) is 3.26. The molecule has 1 amide bonds. The Balaban J connectivity index is 1.99. The van der Waals surface area contributed by atoms with E-state index in [0.717, 1.165) is 12.1 Å². The highest BCUT2D eigenvalue weighted by Gasteiger charge is 2.14. The van der Waals surface area contributed by atoms with Gasteiger partial charge in [-0.1, -0.05) is 0 Å². The summed E-state index contributed by atoms with van der Waals surface area (Å²) in [6.07, 6.45) is 0. The van der Waals surface area contributed by atoms with Crippen LogP contribution in [0.15, 0.2) is 36.4 Å². The van der Waals surface area contributed by atoms with E-state index in [-0.39, 0.29) is 22.6 Å². The lowest BCUT2D eigenvalue weighted by Gasteiger charge is -2.14. The number of carbonyl (C=O) groups excluding carboxylic acids is 1. The molecule has 26 heavy (non-hydrogen) atoms. The van der Waals surface area contributed by atoms with Crippen LogP contribution in [0.5, 0.6) is 11.5 Å². The Morgan fingerprint density at radius 1 is 1.08 bits per heavy atom. The van der Waals surface area contributed by atoms with Crippen LogP contribution >= 0.6 is 0 Å². The van der Waals surface area contributed by atoms with E-state index in [4.69, 9.17) is 4.74 Å². The van der Waals surface area contributed by atoms with E-state index in [2.05, 4.69) is 10.1 Å². The van der Waals surface area contributed by atoms with Gasteiger partial charge < -0.3 is 25.0 Å². The number of carbonyl (C=O) groups is 1. The average Bonchev–Trinajstić information content (AvgIpc) is 2.61. The zero-order chi connectivity index (χ0) is 19.1. The fraction of sp³-hybridized carbons (Fsp3) is 0.235. The topological polar surface area (TPSA) is 88.0 Å². The molecule has 0 aromatic heterocycles. The maximum absolute atomic E-state index is 13.4. The van der Waals surface area contributed by atoms with Crippen molar-refractivity contribution >= 4 is 11.6 Å². The molecule has 2 aromatic rings. The molecule has 6 nitrogen and oxygen atoms in total. The SMILES string of the molecule is O=C(COc1c(CO)cc(F)cc1CO)Nc1ccc(OC(F)F)cc1. The van der Waals surface area contributed by atoms with E-state index in [1.54, 1.807) is 0 Å². The van der Waals surface area contributed by atoms with Gasteiger partial charge >= 0.3 is 6.61 Å². The highest BCUT2D eigenvalue weighted by Crippen LogP contribution is 2.26. The molecule has 0 unspecified atom stereocenters. The molecule has 3 N–H and O–H groups in total. The lowest BCUT2D eigenvalue weighted by Crippen LogP contribution is -2.21. The van der Waals surface area contributed by atoms with E-state index in [1.807, 2.05) is 0 Å². The monoisotopic (exact) mass is 371 g/mol. The molecule has 0 heterocycles. The van der Waals surface area contributed by atoms with Gasteiger partial charge in [0.15, 0.2) is 6.61 Å². The van der Waals surface area contributed by atoms with Crippen LogP contribution in [0, 0.1) is 5.82 Å². The predicted octanol–water partition coefficient (Wildman–Crippen LogP) is 2.43. The van der Waals surface area contributed by atoms with Crippen LogP contribution in [0.25, 0.3) is 0 Å². The molecule has 0 aliphatic rings. The van der Waals surface area contributed by atoms with Crippen LogP contribution in [0.1, 0.15) is 11.1 Å². The average molecular weight is 371 g/mol. The number of aliphatic hydroxyl groups excluding tert-OH is 2. The minimum atomic E-state index is -2.94. The zero-order valence-corrected chi connectivity index (χ0v) is 13.4. The smallest absolute Gasteiger partial charge is 0.387 e. The van der Waals surface area contributed by atoms with Crippen molar-refractivity contribution in [2.75, 3.05) is 11.9 Å². The first-order valence-corrected chi connectivity index (χ1v) is 7.43. The molecule has 140 valence electrons. The number of hydrogen-bond acceptors (Lipinski definition) is 5. The Morgan fingerprint density at radius 3 is 2.15 bits per heavy atom. The first-order chi connectivity index (χ1) is 12.4. The van der Waals surface area contributed by atoms with E-state index < -0.39 is 38.2 Å². The van der Waals surface area contributed by atoms with Gasteiger partial charge in [-0.2, -0.15) is 8.78 Å². The van der Waals surface area contributed by atoms with Gasteiger partial charge in [-0.15, -0.1) is 0 Å². The van der Waals surface area contributed by atoms with Crippen molar-refractivity contribution in [1.82, 2.24) is 0 Å². The number of aliphatic hydroxyl groups is 2. The number of halogens is 3. The number of rotatable bonds is 8. The molecule has 0 radical (unpaired) electrons. The minimum absolute atomic E-state index is 0.0206. The summed E-state index contributed by atoms with van der Waals surface area (Å²) in [5, 5.41) is 21.0. The van der Waals surface area contributed by atoms with E-state index in [9.17, 15) is 28.2 Å². The lowest BCUT2D eigenvalue weighted by molar-refractivity contribution is -0.118. The molecule has 0 saturated carbocycles. The summed E-state index contributed by atoms with van der Waals surface area (Å²) in [7, 11) is 0. The van der Waals surface area contributed by atoms with Crippen molar-refractivity contribution in [3.8, 4) is 11.5 Å². The van der Waals surface area contributed by atoms with Crippen LogP contribution in [0.3, 0.4) is 0 Å². The second-order valence-electron chi connectivity index (χ2n) is 5.11. The van der Waals surface area contributed by atoms with E-state index in [1.165, 1.54) is 24.3 Å². The molecule has 0 saturated heterocycles. The third-order valence-corrected chi connectivity index (χ3v) is 3.26. The number of ether oxygens (including phenoxy) is 2. The normalized spacial score (nSPS) is 10.7. The number of anilines is 1. The molecular weight excluding hydrogens is 355 g/mol. The van der Waals surface area contributed by atoms with Gasteiger partial charge in [-0.05, 0) is 36.4 Å². The highest BCUT2D eigenvalue weighted by molar-refractivity contribution is 5.91. The van der Waals surface area contributed by atoms with Crippen molar-refractivity contribution in [3.05, 3.63) is 53.3 Å². The molecule has 0 fully saturated rings. The third kappa shape index (κ3) is 5.36. The summed E-state index contributed by atoms with van der Waals surface area (Å²) in [6, 6.07) is 7.33. The molecule has 2 rings (SSSR count). The Kier molecular flexibility index (Phi) is 6.81. The van der Waals surface area contributed by atoms with Crippen LogP contribution in [0.4, 0.5) is 18.9 Å². The number of nitrogens with one attached hydrogen (secondary N) is 1. The first-order valence-electron chi connectivity index (χ1n) is 7.43. The maximum atomic E-state index is 13.4. The second-order valence-corrected chi connectivity index (χ2v) is 5.11. The van der Waals surface area contributed by atoms with Crippen LogP contribution < -0.4 is 14.8 Å². The van der Waals surface area contributed by atoms with Gasteiger partial charge in [-0.25, -0.2) is 4.39 Å². The van der Waals surface area contributed by atoms with Gasteiger partial charge in [0.05, 0.1) is 13.2 Å². The summed E-state index contributed by atoms with van der Waals surface area (Å²) < 4.78 is 47.0. The van der Waals surface area contributed by atoms with E-state index >= 15 is 0 Å². The number of hydrogen-bond donors (Lipinski definition) is 3. The zero-order valence-electron chi connectivity index (χ0n) is 13.4. The Morgan fingerprint density at radius 2 is 1.65 bits per heavy atom. The summed E-state index contributed by atoms with van der Waals surface area (Å²) in [5.74, 6) is -1.27. The second kappa shape index (κ2) is 9.07. The maximum Gasteiger partial charge on any atom is 0.387 e. The van der Waals surface area contributed by atoms with Gasteiger partial charge in [0.2, 0.25) is 0 Å². The number of benzene rings is 2. The number of amides is 1. The Labute approximate surface area is 146 Å². The minimum Gasteiger partial charge on any atom is -0.483 e. The van der Waals surface area contributed by atoms with Crippen molar-refractivity contribution < 1.29 is 37.7 Å². The molecule has 0 aliphatic heterocycles. The van der Waals surface area contributed by atoms with Crippen molar-refractivity contribution in [3.63, 3.8) is 0 Å². The molecule has 0 spiro atoms. The number of alkyl halides is 2. The standard InChI is InChI=1S/C17H16F3NO5/c18-12-5-10(7-22)16(11(6-12)8-23)25-9-15(24)21-13-1-3-14(4-2-13)26-17(19)20/h1-6,17,22-23H,7-9H2,(H,21,24). The largest absolute Gasteiger partial charge is 0.483 e. The predicted molar refractivity (Wildman–Crippen MR) is 85.4 cm³/mol. The van der Waals surface area contributed by atoms with Crippen LogP contribution in [-0.4, -0.2) is 29.3 Å². The highest BCUT2D eigenvalue weighted by atomic mass is 19.3. The first kappa shape index (κ1) is 19.5. The van der Waals surface area contributed by atoms with Crippen LogP contribution in [-0.2, 0) is 18.0 Å². The molecule has 0 aliphatic carbocycles. The van der Waals surface area contributed by atoms with Crippen LogP contribution in [0.2, 0.25) is 0 Å². The summed E-state index contributed by atoms with van der Waals surface area (Å²) in [6.45, 7) is -4.48. The molecular formula is C17H16F3NO5. The molecule has 0 atom stereocenters. The molecule has 2 aromatic carbocycles. The van der Waals surface area contributed by atoms with Crippen molar-refractivity contribution in [2.24, 2.45) is 0 Å². The Bertz CT molecular complexity index is 728. The fourth-order valence-electron chi connectivity index (χ4n) is 2.19. The summed E-state index contributed by atoms with van der Waals surface area (Å²) >= 11 is 0. The summed E-state index contributed by atoms with van der Waals surface area (Å²) in [4.78, 5) is 11.9. The van der Waals surface area contributed by atoms with Gasteiger partial charge in [-0.3, -0.25) is 4.79 Å². The molecule has 9 heteroatoms. The lowest BCUT2D eigenvalue weighted by atomic mass is 10.1. The van der Waals surface area contributed by atoms with Gasteiger partial charge in [0, 0.05) is 16.8 Å². The van der Waals surface area contributed by atoms with Crippen molar-refractivity contribution in [2.45, 2.75) is 19.8 Å².